The van der Waals surface area contributed by atoms with Crippen LogP contribution in [-0.4, -0.2) is 86.0 Å². The number of rotatable bonds is 4. The Kier molecular flexibility index (Phi) is 4.82. The molecule has 2 aliphatic carbocycles. The van der Waals surface area contributed by atoms with Crippen molar-refractivity contribution in [3.63, 3.8) is 0 Å². The van der Waals surface area contributed by atoms with Crippen LogP contribution < -0.4 is 4.90 Å². The lowest BCUT2D eigenvalue weighted by molar-refractivity contribution is -0.168. The summed E-state index contributed by atoms with van der Waals surface area (Å²) in [6.45, 7) is 3.08. The molecule has 7 rings (SSSR count). The molecule has 5 heterocycles. The Labute approximate surface area is 206 Å². The number of aromatic nitrogens is 5. The number of carbonyl (C=O) groups excluding carboxylic acids is 1. The summed E-state index contributed by atoms with van der Waals surface area (Å²) in [6, 6.07) is 0.489. The number of amides is 2. The first-order chi connectivity index (χ1) is 17.3. The zero-order valence-electron chi connectivity index (χ0n) is 19.9. The molecule has 2 aromatic heterocycles. The Bertz CT molecular complexity index is 1140. The highest BCUT2D eigenvalue weighted by Crippen LogP contribution is 2.54. The third kappa shape index (κ3) is 3.80. The van der Waals surface area contributed by atoms with Gasteiger partial charge in [-0.15, -0.1) is 0 Å². The molecular weight excluding hydrogens is 473 g/mol. The predicted molar refractivity (Wildman–Crippen MR) is 122 cm³/mol. The first-order valence-corrected chi connectivity index (χ1v) is 12.8. The number of nitrogens with zero attached hydrogens (tertiary/aromatic N) is 8. The van der Waals surface area contributed by atoms with Crippen molar-refractivity contribution >= 4 is 12.0 Å². The summed E-state index contributed by atoms with van der Waals surface area (Å²) in [7, 11) is 0. The van der Waals surface area contributed by atoms with Crippen molar-refractivity contribution < 1.29 is 18.0 Å². The van der Waals surface area contributed by atoms with Gasteiger partial charge in [-0.1, -0.05) is 0 Å². The summed E-state index contributed by atoms with van der Waals surface area (Å²) in [4.78, 5) is 31.4. The second-order valence-electron chi connectivity index (χ2n) is 11.4. The van der Waals surface area contributed by atoms with E-state index < -0.39 is 12.1 Å². The fourth-order valence-corrected chi connectivity index (χ4v) is 6.24. The van der Waals surface area contributed by atoms with E-state index in [1.165, 1.54) is 12.8 Å². The predicted octanol–water partition coefficient (Wildman–Crippen LogP) is 3.19. The van der Waals surface area contributed by atoms with E-state index in [0.29, 0.717) is 37.5 Å². The van der Waals surface area contributed by atoms with E-state index in [-0.39, 0.29) is 30.3 Å². The van der Waals surface area contributed by atoms with Gasteiger partial charge in [-0.25, -0.2) is 24.4 Å². The second kappa shape index (κ2) is 7.79. The third-order valence-electron chi connectivity index (χ3n) is 8.72. The van der Waals surface area contributed by atoms with Crippen molar-refractivity contribution in [3.8, 4) is 0 Å². The van der Waals surface area contributed by atoms with Gasteiger partial charge in [-0.2, -0.15) is 18.3 Å². The maximum absolute atomic E-state index is 12.9. The van der Waals surface area contributed by atoms with Crippen molar-refractivity contribution in [2.45, 2.75) is 56.2 Å². The fraction of sp³-hybridized carbons (Fsp3) is 0.708. The number of hydrogen-bond donors (Lipinski definition) is 0. The lowest BCUT2D eigenvalue weighted by Gasteiger charge is -2.60. The molecule has 2 saturated carbocycles. The van der Waals surface area contributed by atoms with Gasteiger partial charge >= 0.3 is 12.2 Å². The monoisotopic (exact) mass is 502 g/mol. The van der Waals surface area contributed by atoms with Crippen molar-refractivity contribution in [2.75, 3.05) is 44.2 Å². The first-order valence-electron chi connectivity index (χ1n) is 12.8. The molecule has 0 N–H and O–H groups in total. The Morgan fingerprint density at radius 3 is 2.31 bits per heavy atom. The molecule has 3 saturated heterocycles. The molecule has 36 heavy (non-hydrogen) atoms. The van der Waals surface area contributed by atoms with Crippen LogP contribution in [0, 0.1) is 11.3 Å². The van der Waals surface area contributed by atoms with E-state index in [2.05, 4.69) is 20.1 Å². The highest BCUT2D eigenvalue weighted by Gasteiger charge is 2.55. The Morgan fingerprint density at radius 1 is 0.944 bits per heavy atom. The molecule has 2 aromatic rings. The van der Waals surface area contributed by atoms with Crippen molar-refractivity contribution in [1.29, 1.82) is 0 Å². The van der Waals surface area contributed by atoms with Crippen LogP contribution in [0.1, 0.15) is 61.4 Å². The molecule has 1 unspecified atom stereocenters. The third-order valence-corrected chi connectivity index (χ3v) is 8.72. The van der Waals surface area contributed by atoms with E-state index in [0.717, 1.165) is 37.3 Å². The van der Waals surface area contributed by atoms with Crippen LogP contribution in [0.3, 0.4) is 0 Å². The summed E-state index contributed by atoms with van der Waals surface area (Å²) in [5.74, 6) is 0.747. The molecule has 1 atom stereocenters. The van der Waals surface area contributed by atoms with Crippen LogP contribution in [0.2, 0.25) is 0 Å². The highest BCUT2D eigenvalue weighted by atomic mass is 19.4. The molecule has 5 aliphatic rings. The lowest BCUT2D eigenvalue weighted by atomic mass is 9.61. The van der Waals surface area contributed by atoms with Crippen LogP contribution >= 0.6 is 0 Å². The molecule has 3 aliphatic heterocycles. The quantitative estimate of drug-likeness (QED) is 0.639. The van der Waals surface area contributed by atoms with Gasteiger partial charge < -0.3 is 14.7 Å². The van der Waals surface area contributed by atoms with Gasteiger partial charge in [0.05, 0.1) is 12.0 Å². The average Bonchev–Trinajstić information content (AvgIpc) is 3.27. The molecular formula is C24H29F3N8O. The molecule has 9 nitrogen and oxygen atoms in total. The minimum absolute atomic E-state index is 0.0779. The molecule has 0 bridgehead atoms. The summed E-state index contributed by atoms with van der Waals surface area (Å²) in [5.41, 5.74) is 1.16. The second-order valence-corrected chi connectivity index (χ2v) is 11.4. The minimum atomic E-state index is -4.18. The smallest absolute Gasteiger partial charge is 0.340 e. The summed E-state index contributed by atoms with van der Waals surface area (Å²) in [6.07, 6.45) is 5.68. The van der Waals surface area contributed by atoms with Gasteiger partial charge in [0.25, 0.3) is 0 Å². The number of urea groups is 1. The Morgan fingerprint density at radius 2 is 1.67 bits per heavy atom. The van der Waals surface area contributed by atoms with Crippen LogP contribution in [0.15, 0.2) is 18.7 Å². The number of anilines is 1. The van der Waals surface area contributed by atoms with Gasteiger partial charge in [0.15, 0.2) is 5.82 Å². The van der Waals surface area contributed by atoms with E-state index >= 15 is 0 Å². The minimum Gasteiger partial charge on any atom is -0.340 e. The maximum atomic E-state index is 12.9. The molecule has 0 aromatic carbocycles. The molecule has 5 fully saturated rings. The van der Waals surface area contributed by atoms with E-state index in [4.69, 9.17) is 0 Å². The number of likely N-dealkylation sites (tertiary alicyclic amines) is 2. The fourth-order valence-electron chi connectivity index (χ4n) is 6.24. The number of carbonyl (C=O) groups is 1. The summed E-state index contributed by atoms with van der Waals surface area (Å²) < 4.78 is 40.8. The standard InChI is InChI=1S/C24H29F3N8O/c25-24(26,27)18-3-4-32(11-18)21-28-7-16(8-29-21)17-9-33(10-17)22(36)34-12-23(13-34)5-19(6-23)35-14-30-20(31-35)15-1-2-15/h7-8,14-15,17-19H,1-6,9-13H2. The van der Waals surface area contributed by atoms with Gasteiger partial charge in [-0.3, -0.25) is 0 Å². The maximum Gasteiger partial charge on any atom is 0.393 e. The van der Waals surface area contributed by atoms with E-state index in [1.54, 1.807) is 17.3 Å². The molecule has 1 spiro atoms. The SMILES string of the molecule is O=C(N1CC(c2cnc(N3CCC(C(F)(F)F)C3)nc2)C1)N1CC2(CC(n3cnc(C4CC4)n3)C2)C1. The molecule has 0 radical (unpaired) electrons. The largest absolute Gasteiger partial charge is 0.393 e. The molecule has 2 amide bonds. The molecule has 192 valence electrons. The zero-order valence-corrected chi connectivity index (χ0v) is 19.9. The van der Waals surface area contributed by atoms with E-state index in [9.17, 15) is 18.0 Å². The Balaban J connectivity index is 0.866. The Hall–Kier alpha value is -2.92. The van der Waals surface area contributed by atoms with Crippen molar-refractivity contribution in [3.05, 3.63) is 30.1 Å². The van der Waals surface area contributed by atoms with Crippen LogP contribution in [0.25, 0.3) is 0 Å². The molecule has 12 heteroatoms. The zero-order chi connectivity index (χ0) is 24.7. The first kappa shape index (κ1) is 22.3. The van der Waals surface area contributed by atoms with Gasteiger partial charge in [0.2, 0.25) is 5.95 Å². The number of hydrogen-bond acceptors (Lipinski definition) is 6. The van der Waals surface area contributed by atoms with Crippen LogP contribution in [0.5, 0.6) is 0 Å². The number of alkyl halides is 3. The van der Waals surface area contributed by atoms with Gasteiger partial charge in [-0.05, 0) is 37.7 Å². The van der Waals surface area contributed by atoms with Crippen LogP contribution in [-0.2, 0) is 0 Å². The highest BCUT2D eigenvalue weighted by molar-refractivity contribution is 5.77. The number of halogens is 3. The lowest BCUT2D eigenvalue weighted by Crippen LogP contribution is -2.67. The average molecular weight is 503 g/mol. The van der Waals surface area contributed by atoms with E-state index in [1.807, 2.05) is 20.8 Å². The van der Waals surface area contributed by atoms with Gasteiger partial charge in [0.1, 0.15) is 6.33 Å². The van der Waals surface area contributed by atoms with Crippen LogP contribution in [0.4, 0.5) is 23.9 Å². The normalized spacial score (nSPS) is 26.2. The topological polar surface area (TPSA) is 83.3 Å². The van der Waals surface area contributed by atoms with Crippen molar-refractivity contribution in [1.82, 2.24) is 34.5 Å². The van der Waals surface area contributed by atoms with Crippen molar-refractivity contribution in [2.24, 2.45) is 11.3 Å². The summed E-state index contributed by atoms with van der Waals surface area (Å²) >= 11 is 0. The van der Waals surface area contributed by atoms with Gasteiger partial charge in [0, 0.05) is 68.9 Å². The summed E-state index contributed by atoms with van der Waals surface area (Å²) in [5, 5.41) is 4.66.